The number of carbonyl (C=O) groups excluding carboxylic acids is 1. The Hall–Kier alpha value is -2.04. The highest BCUT2D eigenvalue weighted by atomic mass is 16.5. The molecule has 0 bridgehead atoms. The van der Waals surface area contributed by atoms with Crippen molar-refractivity contribution >= 4 is 11.9 Å². The first-order valence-corrected chi connectivity index (χ1v) is 7.18. The summed E-state index contributed by atoms with van der Waals surface area (Å²) < 4.78 is 5.63. The third-order valence-electron chi connectivity index (χ3n) is 3.53. The van der Waals surface area contributed by atoms with Gasteiger partial charge in [0.1, 0.15) is 5.75 Å². The first-order chi connectivity index (χ1) is 9.88. The fourth-order valence-corrected chi connectivity index (χ4v) is 2.29. The predicted molar refractivity (Wildman–Crippen MR) is 78.0 cm³/mol. The molecule has 3 atom stereocenters. The molecule has 1 saturated carbocycles. The molecule has 1 aromatic rings. The summed E-state index contributed by atoms with van der Waals surface area (Å²) in [4.78, 5) is 22.7. The van der Waals surface area contributed by atoms with E-state index in [2.05, 4.69) is 5.32 Å². The van der Waals surface area contributed by atoms with Crippen molar-refractivity contribution in [1.29, 1.82) is 0 Å². The molecule has 0 saturated heterocycles. The molecule has 1 fully saturated rings. The number of aliphatic carboxylic acids is 1. The number of hydrogen-bond donors (Lipinski definition) is 2. The van der Waals surface area contributed by atoms with Gasteiger partial charge in [-0.25, -0.2) is 0 Å². The van der Waals surface area contributed by atoms with Gasteiger partial charge < -0.3 is 15.2 Å². The predicted octanol–water partition coefficient (Wildman–Crippen LogP) is 2.37. The molecule has 0 aromatic heterocycles. The number of amides is 1. The molecule has 21 heavy (non-hydrogen) atoms. The molecular weight excluding hydrogens is 270 g/mol. The van der Waals surface area contributed by atoms with E-state index in [1.54, 1.807) is 0 Å². The second kappa shape index (κ2) is 6.16. The highest BCUT2D eigenvalue weighted by molar-refractivity contribution is 5.89. The molecule has 5 nitrogen and oxygen atoms in total. The largest absolute Gasteiger partial charge is 0.491 e. The molecule has 0 aliphatic heterocycles. The summed E-state index contributed by atoms with van der Waals surface area (Å²) in [5.74, 6) is -1.23. The lowest BCUT2D eigenvalue weighted by atomic mass is 10.1. The van der Waals surface area contributed by atoms with Gasteiger partial charge in [0, 0.05) is 0 Å². The van der Waals surface area contributed by atoms with Crippen molar-refractivity contribution in [3.8, 4) is 5.75 Å². The molecule has 0 heterocycles. The minimum Gasteiger partial charge on any atom is -0.491 e. The van der Waals surface area contributed by atoms with Crippen LogP contribution in [-0.4, -0.2) is 23.1 Å². The zero-order valence-electron chi connectivity index (χ0n) is 12.5. The zero-order chi connectivity index (χ0) is 15.6. The summed E-state index contributed by atoms with van der Waals surface area (Å²) in [6.45, 7) is 5.79. The van der Waals surface area contributed by atoms with Crippen LogP contribution in [0, 0.1) is 11.8 Å². The van der Waals surface area contributed by atoms with Gasteiger partial charge in [0.05, 0.1) is 24.0 Å². The van der Waals surface area contributed by atoms with E-state index in [-0.39, 0.29) is 24.0 Å². The van der Waals surface area contributed by atoms with E-state index in [0.717, 1.165) is 11.3 Å². The third kappa shape index (κ3) is 3.97. The molecule has 114 valence electrons. The Balaban J connectivity index is 1.95. The number of carboxylic acid groups (broad SMARTS) is 1. The van der Waals surface area contributed by atoms with Gasteiger partial charge >= 0.3 is 5.97 Å². The molecule has 0 spiro atoms. The second-order valence-corrected chi connectivity index (χ2v) is 5.76. The fraction of sp³-hybridized carbons (Fsp3) is 0.500. The SMILES string of the molecule is CC(C)Oc1cccc(C(C)NC(=O)[C@@H]2C[C@@H]2C(=O)O)c1. The van der Waals surface area contributed by atoms with Crippen LogP contribution in [0.5, 0.6) is 5.75 Å². The average Bonchev–Trinajstić information content (AvgIpc) is 3.18. The minimum atomic E-state index is -0.893. The Morgan fingerprint density at radius 1 is 1.29 bits per heavy atom. The maximum absolute atomic E-state index is 12.0. The van der Waals surface area contributed by atoms with Crippen molar-refractivity contribution in [2.45, 2.75) is 39.3 Å². The summed E-state index contributed by atoms with van der Waals surface area (Å²) in [6, 6.07) is 7.39. The van der Waals surface area contributed by atoms with Crippen LogP contribution in [0.4, 0.5) is 0 Å². The smallest absolute Gasteiger partial charge is 0.307 e. The van der Waals surface area contributed by atoms with Crippen molar-refractivity contribution in [2.75, 3.05) is 0 Å². The van der Waals surface area contributed by atoms with Crippen molar-refractivity contribution in [2.24, 2.45) is 11.8 Å². The molecule has 2 N–H and O–H groups in total. The van der Waals surface area contributed by atoms with Crippen molar-refractivity contribution in [3.63, 3.8) is 0 Å². The lowest BCUT2D eigenvalue weighted by Gasteiger charge is -2.16. The molecule has 1 aromatic carbocycles. The summed E-state index contributed by atoms with van der Waals surface area (Å²) in [5.41, 5.74) is 0.939. The Morgan fingerprint density at radius 3 is 2.57 bits per heavy atom. The number of carbonyl (C=O) groups is 2. The molecule has 2 rings (SSSR count). The van der Waals surface area contributed by atoms with Gasteiger partial charge in [-0.05, 0) is 44.9 Å². The van der Waals surface area contributed by atoms with Crippen LogP contribution < -0.4 is 10.1 Å². The average molecular weight is 291 g/mol. The summed E-state index contributed by atoms with van der Waals surface area (Å²) in [5, 5.41) is 11.7. The monoisotopic (exact) mass is 291 g/mol. The number of ether oxygens (including phenoxy) is 1. The lowest BCUT2D eigenvalue weighted by Crippen LogP contribution is -2.29. The Morgan fingerprint density at radius 2 is 2.00 bits per heavy atom. The van der Waals surface area contributed by atoms with Gasteiger partial charge in [-0.3, -0.25) is 9.59 Å². The molecular formula is C16H21NO4. The van der Waals surface area contributed by atoms with Gasteiger partial charge in [0.15, 0.2) is 0 Å². The van der Waals surface area contributed by atoms with Gasteiger partial charge in [-0.1, -0.05) is 12.1 Å². The Kier molecular flexibility index (Phi) is 4.50. The number of carboxylic acids is 1. The minimum absolute atomic E-state index is 0.0907. The normalized spacial score (nSPS) is 21.7. The molecule has 1 aliphatic rings. The number of nitrogens with one attached hydrogen (secondary N) is 1. The van der Waals surface area contributed by atoms with E-state index >= 15 is 0 Å². The van der Waals surface area contributed by atoms with E-state index in [1.807, 2.05) is 45.0 Å². The lowest BCUT2D eigenvalue weighted by molar-refractivity contribution is -0.140. The molecule has 1 aliphatic carbocycles. The quantitative estimate of drug-likeness (QED) is 0.843. The van der Waals surface area contributed by atoms with Crippen molar-refractivity contribution < 1.29 is 19.4 Å². The van der Waals surface area contributed by atoms with Crippen LogP contribution in [0.2, 0.25) is 0 Å². The first kappa shape index (κ1) is 15.4. The topological polar surface area (TPSA) is 75.6 Å². The summed E-state index contributed by atoms with van der Waals surface area (Å²) in [6.07, 6.45) is 0.526. The van der Waals surface area contributed by atoms with Crippen LogP contribution in [-0.2, 0) is 9.59 Å². The molecule has 1 unspecified atom stereocenters. The highest BCUT2D eigenvalue weighted by Crippen LogP contribution is 2.39. The maximum atomic E-state index is 12.0. The summed E-state index contributed by atoms with van der Waals surface area (Å²) >= 11 is 0. The molecule has 5 heteroatoms. The number of benzene rings is 1. The number of rotatable bonds is 6. The van der Waals surface area contributed by atoms with E-state index in [1.165, 1.54) is 0 Å². The van der Waals surface area contributed by atoms with Crippen LogP contribution in [0.1, 0.15) is 38.8 Å². The molecule has 0 radical (unpaired) electrons. The third-order valence-corrected chi connectivity index (χ3v) is 3.53. The zero-order valence-corrected chi connectivity index (χ0v) is 12.5. The van der Waals surface area contributed by atoms with Crippen molar-refractivity contribution in [3.05, 3.63) is 29.8 Å². The van der Waals surface area contributed by atoms with Crippen LogP contribution in [0.15, 0.2) is 24.3 Å². The Bertz CT molecular complexity index is 541. The Labute approximate surface area is 124 Å². The van der Waals surface area contributed by atoms with E-state index in [9.17, 15) is 9.59 Å². The summed E-state index contributed by atoms with van der Waals surface area (Å²) in [7, 11) is 0. The van der Waals surface area contributed by atoms with Gasteiger partial charge in [-0.15, -0.1) is 0 Å². The van der Waals surface area contributed by atoms with Gasteiger partial charge in [0.25, 0.3) is 0 Å². The number of hydrogen-bond acceptors (Lipinski definition) is 3. The standard InChI is InChI=1S/C16H21NO4/c1-9(2)21-12-6-4-5-11(7-12)10(3)17-15(18)13-8-14(13)16(19)20/h4-7,9-10,13-14H,8H2,1-3H3,(H,17,18)(H,19,20)/t10?,13-,14+/m1/s1. The van der Waals surface area contributed by atoms with Crippen LogP contribution in [0.3, 0.4) is 0 Å². The van der Waals surface area contributed by atoms with Gasteiger partial charge in [0.2, 0.25) is 5.91 Å². The van der Waals surface area contributed by atoms with E-state index in [0.29, 0.717) is 6.42 Å². The van der Waals surface area contributed by atoms with Crippen LogP contribution >= 0.6 is 0 Å². The first-order valence-electron chi connectivity index (χ1n) is 7.18. The van der Waals surface area contributed by atoms with E-state index < -0.39 is 11.9 Å². The van der Waals surface area contributed by atoms with E-state index in [4.69, 9.17) is 9.84 Å². The fourth-order valence-electron chi connectivity index (χ4n) is 2.29. The second-order valence-electron chi connectivity index (χ2n) is 5.76. The molecule has 1 amide bonds. The van der Waals surface area contributed by atoms with Crippen molar-refractivity contribution in [1.82, 2.24) is 5.32 Å². The maximum Gasteiger partial charge on any atom is 0.307 e. The highest BCUT2D eigenvalue weighted by Gasteiger charge is 2.48. The van der Waals surface area contributed by atoms with Gasteiger partial charge in [-0.2, -0.15) is 0 Å². The van der Waals surface area contributed by atoms with Crippen LogP contribution in [0.25, 0.3) is 0 Å².